The molecule has 5 heteroatoms. The summed E-state index contributed by atoms with van der Waals surface area (Å²) in [5.74, 6) is 2.59. The summed E-state index contributed by atoms with van der Waals surface area (Å²) in [7, 11) is 1.67. The highest BCUT2D eigenvalue weighted by atomic mass is 32.2. The predicted molar refractivity (Wildman–Crippen MR) is 104 cm³/mol. The molecule has 0 aliphatic rings. The predicted octanol–water partition coefficient (Wildman–Crippen LogP) is 4.78. The topological polar surface area (TPSA) is 39.9 Å². The van der Waals surface area contributed by atoms with Crippen molar-refractivity contribution in [3.63, 3.8) is 0 Å². The van der Waals surface area contributed by atoms with Crippen LogP contribution in [0.15, 0.2) is 65.8 Å². The van der Waals surface area contributed by atoms with E-state index in [1.165, 1.54) is 5.56 Å². The molecule has 1 heterocycles. The number of aromatic nitrogens is 3. The van der Waals surface area contributed by atoms with Crippen LogP contribution in [0.4, 0.5) is 0 Å². The fourth-order valence-corrected chi connectivity index (χ4v) is 3.32. The molecule has 3 rings (SSSR count). The van der Waals surface area contributed by atoms with E-state index in [1.54, 1.807) is 18.9 Å². The highest BCUT2D eigenvalue weighted by Gasteiger charge is 2.12. The summed E-state index contributed by atoms with van der Waals surface area (Å²) in [5, 5.41) is 9.67. The number of nitrogens with zero attached hydrogens (tertiary/aromatic N) is 3. The maximum atomic E-state index is 5.21. The summed E-state index contributed by atoms with van der Waals surface area (Å²) in [4.78, 5) is 0. The van der Waals surface area contributed by atoms with Crippen LogP contribution in [0.5, 0.6) is 5.75 Å². The molecule has 128 valence electrons. The van der Waals surface area contributed by atoms with E-state index >= 15 is 0 Å². The van der Waals surface area contributed by atoms with Crippen LogP contribution in [0.25, 0.3) is 17.5 Å². The molecule has 2 aromatic carbocycles. The van der Waals surface area contributed by atoms with Crippen LogP contribution in [0.1, 0.15) is 12.5 Å². The van der Waals surface area contributed by atoms with Crippen LogP contribution in [-0.4, -0.2) is 27.6 Å². The number of methoxy groups -OCH3 is 1. The number of rotatable bonds is 7. The van der Waals surface area contributed by atoms with Crippen molar-refractivity contribution in [2.45, 2.75) is 18.6 Å². The van der Waals surface area contributed by atoms with Gasteiger partial charge in [-0.2, -0.15) is 0 Å². The number of benzene rings is 2. The van der Waals surface area contributed by atoms with Gasteiger partial charge in [-0.25, -0.2) is 0 Å². The third-order valence-corrected chi connectivity index (χ3v) is 4.72. The highest BCUT2D eigenvalue weighted by Crippen LogP contribution is 2.25. The van der Waals surface area contributed by atoms with Crippen molar-refractivity contribution in [3.8, 4) is 17.1 Å². The zero-order valence-electron chi connectivity index (χ0n) is 14.4. The second kappa shape index (κ2) is 8.53. The lowest BCUT2D eigenvalue weighted by atomic mass is 10.2. The Hall–Kier alpha value is -2.53. The van der Waals surface area contributed by atoms with Gasteiger partial charge in [0.25, 0.3) is 0 Å². The van der Waals surface area contributed by atoms with Gasteiger partial charge in [-0.05, 0) is 36.8 Å². The summed E-state index contributed by atoms with van der Waals surface area (Å²) >= 11 is 1.69. The summed E-state index contributed by atoms with van der Waals surface area (Å²) in [6, 6.07) is 18.2. The smallest absolute Gasteiger partial charge is 0.191 e. The van der Waals surface area contributed by atoms with Gasteiger partial charge >= 0.3 is 0 Å². The Bertz CT molecular complexity index is 826. The SMILES string of the molecule is CCn1c(SC/C=C/c2ccccc2)nnc1-c1ccc(OC)cc1. The average Bonchev–Trinajstić information content (AvgIpc) is 3.09. The summed E-state index contributed by atoms with van der Waals surface area (Å²) in [6.07, 6.45) is 4.28. The minimum atomic E-state index is 0.832. The summed E-state index contributed by atoms with van der Waals surface area (Å²) in [6.45, 7) is 2.94. The second-order valence-corrected chi connectivity index (χ2v) is 6.39. The minimum absolute atomic E-state index is 0.832. The fraction of sp³-hybridized carbons (Fsp3) is 0.200. The molecule has 0 aliphatic heterocycles. The molecule has 0 atom stereocenters. The third kappa shape index (κ3) is 4.31. The van der Waals surface area contributed by atoms with Crippen LogP contribution in [0.2, 0.25) is 0 Å². The highest BCUT2D eigenvalue weighted by molar-refractivity contribution is 7.99. The molecular weight excluding hydrogens is 330 g/mol. The van der Waals surface area contributed by atoms with Gasteiger partial charge in [-0.1, -0.05) is 54.2 Å². The van der Waals surface area contributed by atoms with E-state index < -0.39 is 0 Å². The van der Waals surface area contributed by atoms with Crippen molar-refractivity contribution in [3.05, 3.63) is 66.2 Å². The number of ether oxygens (including phenoxy) is 1. The molecule has 4 nitrogen and oxygen atoms in total. The first-order valence-corrected chi connectivity index (χ1v) is 9.22. The molecule has 3 aromatic rings. The van der Waals surface area contributed by atoms with Gasteiger partial charge in [0.2, 0.25) is 0 Å². The van der Waals surface area contributed by atoms with Gasteiger partial charge in [0, 0.05) is 17.9 Å². The van der Waals surface area contributed by atoms with Crippen molar-refractivity contribution in [2.24, 2.45) is 0 Å². The largest absolute Gasteiger partial charge is 0.497 e. The van der Waals surface area contributed by atoms with Crippen LogP contribution in [0, 0.1) is 0 Å². The quantitative estimate of drug-likeness (QED) is 0.574. The molecule has 1 aromatic heterocycles. The third-order valence-electron chi connectivity index (χ3n) is 3.80. The van der Waals surface area contributed by atoms with Gasteiger partial charge in [0.15, 0.2) is 11.0 Å². The second-order valence-electron chi connectivity index (χ2n) is 5.40. The van der Waals surface area contributed by atoms with Crippen LogP contribution in [0.3, 0.4) is 0 Å². The molecule has 0 aliphatic carbocycles. The van der Waals surface area contributed by atoms with Crippen molar-refractivity contribution < 1.29 is 4.74 Å². The lowest BCUT2D eigenvalue weighted by Crippen LogP contribution is -1.99. The Morgan fingerprint density at radius 3 is 2.48 bits per heavy atom. The first kappa shape index (κ1) is 17.3. The zero-order chi connectivity index (χ0) is 17.5. The summed E-state index contributed by atoms with van der Waals surface area (Å²) < 4.78 is 7.36. The Kier molecular flexibility index (Phi) is 5.90. The average molecular weight is 351 g/mol. The monoisotopic (exact) mass is 351 g/mol. The minimum Gasteiger partial charge on any atom is -0.497 e. The number of thioether (sulfide) groups is 1. The standard InChI is InChI=1S/C20H21N3OS/c1-3-23-19(17-11-13-18(24-2)14-12-17)21-22-20(23)25-15-7-10-16-8-5-4-6-9-16/h4-14H,3,15H2,1-2H3/b10-7+. The molecule has 0 radical (unpaired) electrons. The Balaban J connectivity index is 1.70. The number of hydrogen-bond donors (Lipinski definition) is 0. The number of hydrogen-bond acceptors (Lipinski definition) is 4. The fourth-order valence-electron chi connectivity index (χ4n) is 2.51. The molecule has 25 heavy (non-hydrogen) atoms. The lowest BCUT2D eigenvalue weighted by molar-refractivity contribution is 0.415. The Morgan fingerprint density at radius 1 is 1.04 bits per heavy atom. The van der Waals surface area contributed by atoms with Gasteiger partial charge in [-0.15, -0.1) is 10.2 Å². The van der Waals surface area contributed by atoms with Gasteiger partial charge < -0.3 is 9.30 Å². The maximum absolute atomic E-state index is 5.21. The first-order valence-electron chi connectivity index (χ1n) is 8.24. The van der Waals surface area contributed by atoms with E-state index in [-0.39, 0.29) is 0 Å². The van der Waals surface area contributed by atoms with E-state index in [4.69, 9.17) is 4.74 Å². The van der Waals surface area contributed by atoms with Crippen LogP contribution >= 0.6 is 11.8 Å². The van der Waals surface area contributed by atoms with Crippen LogP contribution in [-0.2, 0) is 6.54 Å². The van der Waals surface area contributed by atoms with Crippen molar-refractivity contribution in [1.82, 2.24) is 14.8 Å². The van der Waals surface area contributed by atoms with E-state index in [0.29, 0.717) is 0 Å². The first-order chi connectivity index (χ1) is 12.3. The van der Waals surface area contributed by atoms with Crippen molar-refractivity contribution in [1.29, 1.82) is 0 Å². The van der Waals surface area contributed by atoms with Gasteiger partial charge in [0.1, 0.15) is 5.75 Å². The molecule has 0 N–H and O–H groups in total. The van der Waals surface area contributed by atoms with E-state index in [0.717, 1.165) is 34.6 Å². The lowest BCUT2D eigenvalue weighted by Gasteiger charge is -2.07. The Morgan fingerprint density at radius 2 is 1.80 bits per heavy atom. The maximum Gasteiger partial charge on any atom is 0.191 e. The van der Waals surface area contributed by atoms with Gasteiger partial charge in [0.05, 0.1) is 7.11 Å². The molecule has 0 saturated carbocycles. The molecule has 0 spiro atoms. The Labute approximate surface area is 152 Å². The van der Waals surface area contributed by atoms with E-state index in [1.807, 2.05) is 42.5 Å². The zero-order valence-corrected chi connectivity index (χ0v) is 15.2. The molecule has 0 amide bonds. The van der Waals surface area contributed by atoms with Crippen molar-refractivity contribution in [2.75, 3.05) is 12.9 Å². The molecular formula is C20H21N3OS. The van der Waals surface area contributed by atoms with Crippen molar-refractivity contribution >= 4 is 17.8 Å². The molecule has 0 fully saturated rings. The van der Waals surface area contributed by atoms with E-state index in [2.05, 4.69) is 46.0 Å². The summed E-state index contributed by atoms with van der Waals surface area (Å²) in [5.41, 5.74) is 2.25. The van der Waals surface area contributed by atoms with Gasteiger partial charge in [-0.3, -0.25) is 0 Å². The normalized spacial score (nSPS) is 11.1. The van der Waals surface area contributed by atoms with E-state index in [9.17, 15) is 0 Å². The molecule has 0 saturated heterocycles. The van der Waals surface area contributed by atoms with Crippen LogP contribution < -0.4 is 4.74 Å². The molecule has 0 unspecified atom stereocenters. The molecule has 0 bridgehead atoms.